The number of nitrogens with one attached hydrogen (secondary N) is 1. The van der Waals surface area contributed by atoms with Gasteiger partial charge < -0.3 is 5.32 Å². The predicted octanol–water partition coefficient (Wildman–Crippen LogP) is 1.51. The molecule has 0 aliphatic carbocycles. The fraction of sp³-hybridized carbons (Fsp3) is 0.857. The third-order valence-electron chi connectivity index (χ3n) is 1.30. The van der Waals surface area contributed by atoms with Crippen LogP contribution in [-0.4, -0.2) is 25.0 Å². The van der Waals surface area contributed by atoms with Crippen LogP contribution in [0, 0.1) is 0 Å². The van der Waals surface area contributed by atoms with E-state index in [1.165, 1.54) is 0 Å². The molecule has 0 fully saturated rings. The maximum absolute atomic E-state index is 11.5. The molecule has 0 aliphatic heterocycles. The van der Waals surface area contributed by atoms with Crippen LogP contribution < -0.4 is 5.32 Å². The Hall–Kier alpha value is -0.580. The summed E-state index contributed by atoms with van der Waals surface area (Å²) in [5, 5.41) is 2.14. The summed E-state index contributed by atoms with van der Waals surface area (Å²) in [4.78, 5) is 10.6. The lowest BCUT2D eigenvalue weighted by Gasteiger charge is -2.06. The summed E-state index contributed by atoms with van der Waals surface area (Å²) in [6.07, 6.45) is -3.63. The summed E-state index contributed by atoms with van der Waals surface area (Å²) >= 11 is 0. The molecular weight excluding hydrogens is 171 g/mol. The highest BCUT2D eigenvalue weighted by molar-refractivity contribution is 5.78. The summed E-state index contributed by atoms with van der Waals surface area (Å²) in [6, 6.07) is 0. The minimum absolute atomic E-state index is 0.0234. The third-order valence-corrected chi connectivity index (χ3v) is 1.30. The maximum Gasteiger partial charge on any atom is 0.401 e. The van der Waals surface area contributed by atoms with Gasteiger partial charge in [0.25, 0.3) is 0 Å². The minimum Gasteiger partial charge on any atom is -0.308 e. The van der Waals surface area contributed by atoms with Gasteiger partial charge in [0, 0.05) is 19.4 Å². The average molecular weight is 183 g/mol. The fourth-order valence-corrected chi connectivity index (χ4v) is 0.635. The van der Waals surface area contributed by atoms with Gasteiger partial charge in [0.05, 0.1) is 6.54 Å². The fourth-order valence-electron chi connectivity index (χ4n) is 0.635. The van der Waals surface area contributed by atoms with Crippen LogP contribution in [0.1, 0.15) is 19.8 Å². The zero-order valence-corrected chi connectivity index (χ0v) is 6.87. The molecule has 0 aliphatic rings. The van der Waals surface area contributed by atoms with Crippen LogP contribution in [0.2, 0.25) is 0 Å². The molecule has 0 aromatic rings. The molecule has 0 radical (unpaired) electrons. The van der Waals surface area contributed by atoms with Crippen molar-refractivity contribution in [1.29, 1.82) is 0 Å². The zero-order valence-electron chi connectivity index (χ0n) is 6.87. The second-order valence-electron chi connectivity index (χ2n) is 2.43. The van der Waals surface area contributed by atoms with Crippen LogP contribution in [0.5, 0.6) is 0 Å². The number of rotatable bonds is 5. The Morgan fingerprint density at radius 3 is 2.42 bits per heavy atom. The molecule has 0 heterocycles. The van der Waals surface area contributed by atoms with Crippen LogP contribution in [0.25, 0.3) is 0 Å². The van der Waals surface area contributed by atoms with Gasteiger partial charge in [-0.3, -0.25) is 4.79 Å². The summed E-state index contributed by atoms with van der Waals surface area (Å²) in [7, 11) is 0. The lowest BCUT2D eigenvalue weighted by Crippen LogP contribution is -2.30. The second kappa shape index (κ2) is 5.13. The molecule has 72 valence electrons. The SMILES string of the molecule is CCC(=O)CCNCC(F)(F)F. The van der Waals surface area contributed by atoms with Gasteiger partial charge in [-0.15, -0.1) is 0 Å². The van der Waals surface area contributed by atoms with Gasteiger partial charge in [-0.25, -0.2) is 0 Å². The number of carbonyl (C=O) groups excluding carboxylic acids is 1. The van der Waals surface area contributed by atoms with E-state index in [0.717, 1.165) is 0 Å². The number of ketones is 1. The van der Waals surface area contributed by atoms with Crippen LogP contribution in [-0.2, 0) is 4.79 Å². The summed E-state index contributed by atoms with van der Waals surface area (Å²) in [6.45, 7) is 0.766. The lowest BCUT2D eigenvalue weighted by atomic mass is 10.2. The average Bonchev–Trinajstić information content (AvgIpc) is 1.96. The van der Waals surface area contributed by atoms with E-state index in [0.29, 0.717) is 6.42 Å². The molecule has 0 unspecified atom stereocenters. The van der Waals surface area contributed by atoms with Crippen molar-refractivity contribution in [3.05, 3.63) is 0 Å². The quantitative estimate of drug-likeness (QED) is 0.654. The standard InChI is InChI=1S/C7H12F3NO/c1-2-6(12)3-4-11-5-7(8,9)10/h11H,2-5H2,1H3. The van der Waals surface area contributed by atoms with Crippen LogP contribution in [0.15, 0.2) is 0 Å². The topological polar surface area (TPSA) is 29.1 Å². The van der Waals surface area contributed by atoms with E-state index in [4.69, 9.17) is 0 Å². The van der Waals surface area contributed by atoms with E-state index in [9.17, 15) is 18.0 Å². The van der Waals surface area contributed by atoms with E-state index < -0.39 is 12.7 Å². The summed E-state index contributed by atoms with van der Waals surface area (Å²) in [5.41, 5.74) is 0. The van der Waals surface area contributed by atoms with Crippen molar-refractivity contribution in [2.75, 3.05) is 13.1 Å². The van der Waals surface area contributed by atoms with E-state index in [1.54, 1.807) is 6.92 Å². The van der Waals surface area contributed by atoms with Gasteiger partial charge >= 0.3 is 6.18 Å². The first-order chi connectivity index (χ1) is 5.45. The highest BCUT2D eigenvalue weighted by atomic mass is 19.4. The number of alkyl halides is 3. The Balaban J connectivity index is 3.28. The molecule has 0 saturated heterocycles. The largest absolute Gasteiger partial charge is 0.401 e. The molecule has 0 aromatic heterocycles. The Morgan fingerprint density at radius 2 is 2.00 bits per heavy atom. The minimum atomic E-state index is -4.19. The Bertz CT molecular complexity index is 144. The normalized spacial score (nSPS) is 11.7. The van der Waals surface area contributed by atoms with Crippen LogP contribution in [0.3, 0.4) is 0 Å². The molecule has 2 nitrogen and oxygen atoms in total. The highest BCUT2D eigenvalue weighted by Crippen LogP contribution is 2.11. The molecule has 0 bridgehead atoms. The van der Waals surface area contributed by atoms with Crippen molar-refractivity contribution in [3.8, 4) is 0 Å². The van der Waals surface area contributed by atoms with Crippen molar-refractivity contribution in [2.45, 2.75) is 25.9 Å². The highest BCUT2D eigenvalue weighted by Gasteiger charge is 2.25. The first-order valence-electron chi connectivity index (χ1n) is 3.75. The molecule has 5 heteroatoms. The number of hydrogen-bond donors (Lipinski definition) is 1. The zero-order chi connectivity index (χ0) is 9.61. The summed E-state index contributed by atoms with van der Waals surface area (Å²) < 4.78 is 34.5. The first-order valence-corrected chi connectivity index (χ1v) is 3.75. The van der Waals surface area contributed by atoms with Gasteiger partial charge in [-0.2, -0.15) is 13.2 Å². The van der Waals surface area contributed by atoms with E-state index in [2.05, 4.69) is 5.32 Å². The van der Waals surface area contributed by atoms with Crippen molar-refractivity contribution in [2.24, 2.45) is 0 Å². The van der Waals surface area contributed by atoms with Gasteiger partial charge in [0.2, 0.25) is 0 Å². The van der Waals surface area contributed by atoms with Crippen molar-refractivity contribution in [1.82, 2.24) is 5.32 Å². The lowest BCUT2D eigenvalue weighted by molar-refractivity contribution is -0.126. The monoisotopic (exact) mass is 183 g/mol. The van der Waals surface area contributed by atoms with Crippen LogP contribution >= 0.6 is 0 Å². The van der Waals surface area contributed by atoms with Crippen molar-refractivity contribution >= 4 is 5.78 Å². The molecule has 1 N–H and O–H groups in total. The smallest absolute Gasteiger partial charge is 0.308 e. The van der Waals surface area contributed by atoms with Gasteiger partial charge in [0.1, 0.15) is 5.78 Å². The molecule has 0 atom stereocenters. The molecule has 12 heavy (non-hydrogen) atoms. The first kappa shape index (κ1) is 11.4. The molecule has 0 amide bonds. The number of halogens is 3. The third kappa shape index (κ3) is 7.53. The molecule has 0 saturated carbocycles. The van der Waals surface area contributed by atoms with Gasteiger partial charge in [-0.1, -0.05) is 6.92 Å². The van der Waals surface area contributed by atoms with Crippen molar-refractivity contribution < 1.29 is 18.0 Å². The Labute approximate surface area is 69.1 Å². The second-order valence-corrected chi connectivity index (χ2v) is 2.43. The van der Waals surface area contributed by atoms with E-state index in [-0.39, 0.29) is 18.7 Å². The maximum atomic E-state index is 11.5. The molecule has 0 aromatic carbocycles. The summed E-state index contributed by atoms with van der Waals surface area (Å²) in [5.74, 6) is -0.0234. The van der Waals surface area contributed by atoms with E-state index >= 15 is 0 Å². The Kier molecular flexibility index (Phi) is 4.89. The molecular formula is C7H12F3NO. The Morgan fingerprint density at radius 1 is 1.42 bits per heavy atom. The molecule has 0 rings (SSSR count). The molecule has 0 spiro atoms. The predicted molar refractivity (Wildman–Crippen MR) is 38.8 cm³/mol. The van der Waals surface area contributed by atoms with Gasteiger partial charge in [-0.05, 0) is 0 Å². The van der Waals surface area contributed by atoms with E-state index in [1.807, 2.05) is 0 Å². The van der Waals surface area contributed by atoms with Crippen molar-refractivity contribution in [3.63, 3.8) is 0 Å². The van der Waals surface area contributed by atoms with Crippen LogP contribution in [0.4, 0.5) is 13.2 Å². The number of hydrogen-bond acceptors (Lipinski definition) is 2. The number of Topliss-reactive ketones (excluding diaryl/α,β-unsaturated/α-hetero) is 1. The number of carbonyl (C=O) groups is 1. The van der Waals surface area contributed by atoms with Gasteiger partial charge in [0.15, 0.2) is 0 Å².